The fourth-order valence-electron chi connectivity index (χ4n) is 2.24. The maximum Gasteiger partial charge on any atom is 0.272 e. The number of para-hydroxylation sites is 1. The van der Waals surface area contributed by atoms with E-state index in [9.17, 15) is 4.79 Å². The first kappa shape index (κ1) is 11.6. The zero-order valence-corrected chi connectivity index (χ0v) is 10.8. The maximum atomic E-state index is 12.2. The minimum absolute atomic E-state index is 0.0695. The molecular formula is C13H15N3OS. The lowest BCUT2D eigenvalue weighted by atomic mass is 10.1. The molecule has 0 saturated carbocycles. The molecule has 1 fully saturated rings. The standard InChI is InChI=1S/C13H15N3OS/c17-13(14-9-4-3-7-18-8-9)12-10-5-1-2-6-11(10)15-16-12/h1-2,5-6,9H,3-4,7-8H2,(H,14,17)(H,15,16). The van der Waals surface area contributed by atoms with Crippen LogP contribution in [0, 0.1) is 0 Å². The van der Waals surface area contributed by atoms with Gasteiger partial charge in [-0.2, -0.15) is 16.9 Å². The van der Waals surface area contributed by atoms with Crippen molar-refractivity contribution in [3.63, 3.8) is 0 Å². The molecule has 18 heavy (non-hydrogen) atoms. The average Bonchev–Trinajstić information content (AvgIpc) is 2.84. The Morgan fingerprint density at radius 1 is 1.44 bits per heavy atom. The predicted octanol–water partition coefficient (Wildman–Crippen LogP) is 2.19. The van der Waals surface area contributed by atoms with Crippen molar-refractivity contribution in [2.24, 2.45) is 0 Å². The lowest BCUT2D eigenvalue weighted by Crippen LogP contribution is -2.38. The number of rotatable bonds is 2. The molecule has 2 N–H and O–H groups in total. The molecule has 1 aliphatic heterocycles. The fourth-order valence-corrected chi connectivity index (χ4v) is 3.32. The average molecular weight is 261 g/mol. The number of thioether (sulfide) groups is 1. The van der Waals surface area contributed by atoms with Gasteiger partial charge in [0, 0.05) is 17.2 Å². The van der Waals surface area contributed by atoms with E-state index >= 15 is 0 Å². The maximum absolute atomic E-state index is 12.2. The van der Waals surface area contributed by atoms with Gasteiger partial charge in [-0.15, -0.1) is 0 Å². The molecule has 94 valence electrons. The van der Waals surface area contributed by atoms with Gasteiger partial charge >= 0.3 is 0 Å². The number of H-pyrrole nitrogens is 1. The minimum atomic E-state index is -0.0695. The van der Waals surface area contributed by atoms with E-state index in [1.807, 2.05) is 36.0 Å². The summed E-state index contributed by atoms with van der Waals surface area (Å²) in [5.41, 5.74) is 1.40. The Hall–Kier alpha value is -1.49. The molecule has 1 aromatic carbocycles. The van der Waals surface area contributed by atoms with Gasteiger partial charge < -0.3 is 5.32 Å². The van der Waals surface area contributed by atoms with Gasteiger partial charge in [0.25, 0.3) is 5.91 Å². The Labute approximate surface area is 110 Å². The number of hydrogen-bond acceptors (Lipinski definition) is 3. The molecule has 0 radical (unpaired) electrons. The first-order valence-electron chi connectivity index (χ1n) is 6.16. The number of aromatic nitrogens is 2. The first-order valence-corrected chi connectivity index (χ1v) is 7.32. The third kappa shape index (κ3) is 2.22. The van der Waals surface area contributed by atoms with Crippen LogP contribution >= 0.6 is 11.8 Å². The molecule has 2 aromatic rings. The number of nitrogens with zero attached hydrogens (tertiary/aromatic N) is 1. The smallest absolute Gasteiger partial charge is 0.272 e. The molecule has 1 unspecified atom stereocenters. The van der Waals surface area contributed by atoms with Crippen molar-refractivity contribution in [1.82, 2.24) is 15.5 Å². The van der Waals surface area contributed by atoms with Gasteiger partial charge in [-0.25, -0.2) is 0 Å². The van der Waals surface area contributed by atoms with Crippen molar-refractivity contribution in [3.8, 4) is 0 Å². The van der Waals surface area contributed by atoms with E-state index in [1.54, 1.807) is 0 Å². The highest BCUT2D eigenvalue weighted by Gasteiger charge is 2.19. The number of benzene rings is 1. The summed E-state index contributed by atoms with van der Waals surface area (Å²) in [7, 11) is 0. The van der Waals surface area contributed by atoms with Gasteiger partial charge in [0.2, 0.25) is 0 Å². The van der Waals surface area contributed by atoms with Crippen LogP contribution in [0.1, 0.15) is 23.3 Å². The topological polar surface area (TPSA) is 57.8 Å². The van der Waals surface area contributed by atoms with Crippen LogP contribution in [0.15, 0.2) is 24.3 Å². The third-order valence-corrected chi connectivity index (χ3v) is 4.40. The fraction of sp³-hybridized carbons (Fsp3) is 0.385. The minimum Gasteiger partial charge on any atom is -0.347 e. The summed E-state index contributed by atoms with van der Waals surface area (Å²) in [6.07, 6.45) is 2.25. The summed E-state index contributed by atoms with van der Waals surface area (Å²) < 4.78 is 0. The van der Waals surface area contributed by atoms with Crippen LogP contribution in [0.4, 0.5) is 0 Å². The summed E-state index contributed by atoms with van der Waals surface area (Å²) in [5, 5.41) is 11.0. The van der Waals surface area contributed by atoms with E-state index < -0.39 is 0 Å². The summed E-state index contributed by atoms with van der Waals surface area (Å²) in [6, 6.07) is 7.98. The molecule has 1 aliphatic rings. The highest BCUT2D eigenvalue weighted by atomic mass is 32.2. The molecule has 3 rings (SSSR count). The van der Waals surface area contributed by atoms with Gasteiger partial charge in [-0.05, 0) is 24.7 Å². The molecule has 0 spiro atoms. The number of hydrogen-bond donors (Lipinski definition) is 2. The van der Waals surface area contributed by atoms with Gasteiger partial charge in [-0.1, -0.05) is 18.2 Å². The molecule has 5 heteroatoms. The normalized spacial score (nSPS) is 19.9. The van der Waals surface area contributed by atoms with Crippen molar-refractivity contribution in [1.29, 1.82) is 0 Å². The molecule has 0 aliphatic carbocycles. The quantitative estimate of drug-likeness (QED) is 0.871. The predicted molar refractivity (Wildman–Crippen MR) is 73.9 cm³/mol. The van der Waals surface area contributed by atoms with Gasteiger partial charge in [-0.3, -0.25) is 9.89 Å². The van der Waals surface area contributed by atoms with Crippen LogP contribution in [0.5, 0.6) is 0 Å². The number of carbonyl (C=O) groups excluding carboxylic acids is 1. The highest BCUT2D eigenvalue weighted by Crippen LogP contribution is 2.19. The van der Waals surface area contributed by atoms with E-state index in [4.69, 9.17) is 0 Å². The second-order valence-corrected chi connectivity index (χ2v) is 5.66. The Bertz CT molecular complexity index is 560. The van der Waals surface area contributed by atoms with E-state index in [-0.39, 0.29) is 11.9 Å². The highest BCUT2D eigenvalue weighted by molar-refractivity contribution is 7.99. The van der Waals surface area contributed by atoms with Gasteiger partial charge in [0.05, 0.1) is 5.52 Å². The van der Waals surface area contributed by atoms with Crippen LogP contribution < -0.4 is 5.32 Å². The van der Waals surface area contributed by atoms with Crippen LogP contribution in [-0.4, -0.2) is 33.7 Å². The second-order valence-electron chi connectivity index (χ2n) is 4.51. The SMILES string of the molecule is O=C(NC1CCCSC1)c1n[nH]c2ccccc12. The zero-order valence-electron chi connectivity index (χ0n) is 9.98. The van der Waals surface area contributed by atoms with Crippen molar-refractivity contribution >= 4 is 28.6 Å². The van der Waals surface area contributed by atoms with Crippen LogP contribution in [0.25, 0.3) is 10.9 Å². The zero-order chi connectivity index (χ0) is 12.4. The number of aromatic amines is 1. The Morgan fingerprint density at radius 3 is 3.17 bits per heavy atom. The summed E-state index contributed by atoms with van der Waals surface area (Å²) >= 11 is 1.90. The summed E-state index contributed by atoms with van der Waals surface area (Å²) in [6.45, 7) is 0. The van der Waals surface area contributed by atoms with E-state index in [0.717, 1.165) is 23.1 Å². The van der Waals surface area contributed by atoms with Crippen LogP contribution in [-0.2, 0) is 0 Å². The third-order valence-electron chi connectivity index (χ3n) is 3.18. The largest absolute Gasteiger partial charge is 0.347 e. The Kier molecular flexibility index (Phi) is 3.23. The molecular weight excluding hydrogens is 246 g/mol. The monoisotopic (exact) mass is 261 g/mol. The lowest BCUT2D eigenvalue weighted by Gasteiger charge is -2.21. The number of fused-ring (bicyclic) bond motifs is 1. The lowest BCUT2D eigenvalue weighted by molar-refractivity contribution is 0.0935. The Morgan fingerprint density at radius 2 is 2.33 bits per heavy atom. The summed E-state index contributed by atoms with van der Waals surface area (Å²) in [5.74, 6) is 2.14. The van der Waals surface area contributed by atoms with Crippen molar-refractivity contribution in [2.45, 2.75) is 18.9 Å². The number of carbonyl (C=O) groups is 1. The number of nitrogens with one attached hydrogen (secondary N) is 2. The van der Waals surface area contributed by atoms with E-state index in [2.05, 4.69) is 15.5 Å². The first-order chi connectivity index (χ1) is 8.84. The van der Waals surface area contributed by atoms with Gasteiger partial charge in [0.1, 0.15) is 0 Å². The summed E-state index contributed by atoms with van der Waals surface area (Å²) in [4.78, 5) is 12.2. The second kappa shape index (κ2) is 5.02. The van der Waals surface area contributed by atoms with Crippen LogP contribution in [0.3, 0.4) is 0 Å². The Balaban J connectivity index is 1.79. The molecule has 1 amide bonds. The van der Waals surface area contributed by atoms with Crippen molar-refractivity contribution in [2.75, 3.05) is 11.5 Å². The molecule has 1 aromatic heterocycles. The molecule has 0 bridgehead atoms. The number of amides is 1. The van der Waals surface area contributed by atoms with Crippen molar-refractivity contribution in [3.05, 3.63) is 30.0 Å². The molecule has 1 atom stereocenters. The molecule has 2 heterocycles. The van der Waals surface area contributed by atoms with Gasteiger partial charge in [0.15, 0.2) is 5.69 Å². The van der Waals surface area contributed by atoms with E-state index in [1.165, 1.54) is 12.2 Å². The van der Waals surface area contributed by atoms with E-state index in [0.29, 0.717) is 5.69 Å². The van der Waals surface area contributed by atoms with Crippen LogP contribution in [0.2, 0.25) is 0 Å². The van der Waals surface area contributed by atoms with Crippen molar-refractivity contribution < 1.29 is 4.79 Å². The molecule has 1 saturated heterocycles. The molecule has 4 nitrogen and oxygen atoms in total.